The minimum absolute atomic E-state index is 0.145. The highest BCUT2D eigenvalue weighted by Gasteiger charge is 2.24. The summed E-state index contributed by atoms with van der Waals surface area (Å²) in [5, 5.41) is 18.8. The smallest absolute Gasteiger partial charge is 0.257 e. The number of benzene rings is 1. The lowest BCUT2D eigenvalue weighted by molar-refractivity contribution is 0.0762. The van der Waals surface area contributed by atoms with Gasteiger partial charge < -0.3 is 24.6 Å². The summed E-state index contributed by atoms with van der Waals surface area (Å²) < 4.78 is 10.5. The van der Waals surface area contributed by atoms with Gasteiger partial charge in [0.2, 0.25) is 0 Å². The molecule has 1 aromatic carbocycles. The van der Waals surface area contributed by atoms with Crippen LogP contribution >= 0.6 is 0 Å². The van der Waals surface area contributed by atoms with E-state index in [2.05, 4.69) is 0 Å². The number of ether oxygens (including phenoxy) is 2. The first-order chi connectivity index (χ1) is 10.5. The van der Waals surface area contributed by atoms with E-state index >= 15 is 0 Å². The molecule has 0 radical (unpaired) electrons. The van der Waals surface area contributed by atoms with E-state index in [1.54, 1.807) is 17.0 Å². The normalized spacial score (nSPS) is 11.9. The Morgan fingerprint density at radius 3 is 2.32 bits per heavy atom. The third kappa shape index (κ3) is 4.11. The molecule has 0 saturated carbocycles. The first-order valence-electron chi connectivity index (χ1n) is 7.35. The summed E-state index contributed by atoms with van der Waals surface area (Å²) in [4.78, 5) is 14.4. The molecule has 0 aromatic heterocycles. The number of hydrogen-bond acceptors (Lipinski definition) is 5. The molecule has 2 N–H and O–H groups in total. The van der Waals surface area contributed by atoms with Crippen LogP contribution in [0.4, 0.5) is 0 Å². The van der Waals surface area contributed by atoms with Crippen LogP contribution in [0.25, 0.3) is 0 Å². The maximum atomic E-state index is 12.7. The third-order valence-electron chi connectivity index (χ3n) is 3.54. The molecular formula is C16H25NO5. The molecule has 1 atom stereocenters. The Hall–Kier alpha value is -1.79. The van der Waals surface area contributed by atoms with Gasteiger partial charge in [0.05, 0.1) is 32.5 Å². The van der Waals surface area contributed by atoms with Crippen molar-refractivity contribution >= 4 is 5.91 Å². The van der Waals surface area contributed by atoms with Crippen LogP contribution in [-0.2, 0) is 6.42 Å². The molecule has 0 aliphatic carbocycles. The predicted molar refractivity (Wildman–Crippen MR) is 83.6 cm³/mol. The maximum Gasteiger partial charge on any atom is 0.257 e. The minimum atomic E-state index is -0.944. The SMILES string of the molecule is CCN(CC)C(=O)c1c(C[C@@H](O)CO)cc(OC)cc1OC. The fourth-order valence-electron chi connectivity index (χ4n) is 2.32. The Bertz CT molecular complexity index is 500. The van der Waals surface area contributed by atoms with Gasteiger partial charge >= 0.3 is 0 Å². The Balaban J connectivity index is 3.39. The van der Waals surface area contributed by atoms with Crippen molar-refractivity contribution in [3.63, 3.8) is 0 Å². The molecule has 0 saturated heterocycles. The molecule has 0 spiro atoms. The molecular weight excluding hydrogens is 286 g/mol. The zero-order chi connectivity index (χ0) is 16.7. The molecule has 0 unspecified atom stereocenters. The van der Waals surface area contributed by atoms with Gasteiger partial charge in [0, 0.05) is 25.6 Å². The fraction of sp³-hybridized carbons (Fsp3) is 0.562. The summed E-state index contributed by atoms with van der Waals surface area (Å²) in [6.45, 7) is 4.58. The van der Waals surface area contributed by atoms with Gasteiger partial charge in [-0.2, -0.15) is 0 Å². The van der Waals surface area contributed by atoms with Crippen LogP contribution in [0, 0.1) is 0 Å². The van der Waals surface area contributed by atoms with Crippen molar-refractivity contribution in [2.45, 2.75) is 26.4 Å². The number of methoxy groups -OCH3 is 2. The highest BCUT2D eigenvalue weighted by molar-refractivity contribution is 5.98. The lowest BCUT2D eigenvalue weighted by Gasteiger charge is -2.23. The Labute approximate surface area is 131 Å². The van der Waals surface area contributed by atoms with E-state index in [0.29, 0.717) is 35.7 Å². The molecule has 124 valence electrons. The fourth-order valence-corrected chi connectivity index (χ4v) is 2.32. The lowest BCUT2D eigenvalue weighted by atomic mass is 9.99. The summed E-state index contributed by atoms with van der Waals surface area (Å²) in [6.07, 6.45) is -0.799. The van der Waals surface area contributed by atoms with Crippen molar-refractivity contribution < 1.29 is 24.5 Å². The van der Waals surface area contributed by atoms with Crippen LogP contribution in [0.2, 0.25) is 0 Å². The van der Waals surface area contributed by atoms with Crippen molar-refractivity contribution in [3.05, 3.63) is 23.3 Å². The van der Waals surface area contributed by atoms with Gasteiger partial charge in [0.15, 0.2) is 0 Å². The van der Waals surface area contributed by atoms with E-state index in [0.717, 1.165) is 0 Å². The van der Waals surface area contributed by atoms with Crippen molar-refractivity contribution in [2.24, 2.45) is 0 Å². The average Bonchev–Trinajstić information content (AvgIpc) is 2.54. The van der Waals surface area contributed by atoms with E-state index in [-0.39, 0.29) is 18.9 Å². The van der Waals surface area contributed by atoms with Crippen LogP contribution in [0.3, 0.4) is 0 Å². The van der Waals surface area contributed by atoms with E-state index in [9.17, 15) is 9.90 Å². The molecule has 6 heteroatoms. The molecule has 0 heterocycles. The van der Waals surface area contributed by atoms with Crippen LogP contribution in [0.1, 0.15) is 29.8 Å². The second kappa shape index (κ2) is 8.60. The van der Waals surface area contributed by atoms with E-state index < -0.39 is 6.10 Å². The number of aliphatic hydroxyl groups is 2. The molecule has 1 rings (SSSR count). The zero-order valence-corrected chi connectivity index (χ0v) is 13.6. The van der Waals surface area contributed by atoms with Crippen LogP contribution in [-0.4, -0.2) is 61.0 Å². The standard InChI is InChI=1S/C16H25NO5/c1-5-17(6-2)16(20)15-11(7-12(19)10-18)8-13(21-3)9-14(15)22-4/h8-9,12,18-19H,5-7,10H2,1-4H3/t12-/m1/s1. The Morgan fingerprint density at radius 1 is 1.23 bits per heavy atom. The van der Waals surface area contributed by atoms with Gasteiger partial charge in [0.25, 0.3) is 5.91 Å². The molecule has 0 aliphatic rings. The minimum Gasteiger partial charge on any atom is -0.497 e. The van der Waals surface area contributed by atoms with Crippen molar-refractivity contribution in [3.8, 4) is 11.5 Å². The second-order valence-electron chi connectivity index (χ2n) is 4.88. The maximum absolute atomic E-state index is 12.7. The Kier molecular flexibility index (Phi) is 7.14. The van der Waals surface area contributed by atoms with Gasteiger partial charge in [-0.25, -0.2) is 0 Å². The van der Waals surface area contributed by atoms with Crippen LogP contribution in [0.15, 0.2) is 12.1 Å². The quantitative estimate of drug-likeness (QED) is 0.751. The van der Waals surface area contributed by atoms with Gasteiger partial charge in [-0.15, -0.1) is 0 Å². The van der Waals surface area contributed by atoms with Crippen LogP contribution in [0.5, 0.6) is 11.5 Å². The van der Waals surface area contributed by atoms with Crippen molar-refractivity contribution in [1.82, 2.24) is 4.90 Å². The first-order valence-corrected chi connectivity index (χ1v) is 7.35. The summed E-state index contributed by atoms with van der Waals surface area (Å²) in [6, 6.07) is 3.34. The lowest BCUT2D eigenvalue weighted by Crippen LogP contribution is -2.32. The zero-order valence-electron chi connectivity index (χ0n) is 13.6. The number of aliphatic hydroxyl groups excluding tert-OH is 2. The van der Waals surface area contributed by atoms with Gasteiger partial charge in [0.1, 0.15) is 11.5 Å². The van der Waals surface area contributed by atoms with Gasteiger partial charge in [-0.3, -0.25) is 4.79 Å². The first kappa shape index (κ1) is 18.3. The molecule has 0 bridgehead atoms. The summed E-state index contributed by atoms with van der Waals surface area (Å²) >= 11 is 0. The molecule has 0 fully saturated rings. The molecule has 1 aromatic rings. The highest BCUT2D eigenvalue weighted by atomic mass is 16.5. The summed E-state index contributed by atoms with van der Waals surface area (Å²) in [5.74, 6) is 0.772. The largest absolute Gasteiger partial charge is 0.497 e. The summed E-state index contributed by atoms with van der Waals surface area (Å²) in [7, 11) is 3.01. The van der Waals surface area contributed by atoms with Crippen molar-refractivity contribution in [1.29, 1.82) is 0 Å². The van der Waals surface area contributed by atoms with E-state index in [1.807, 2.05) is 13.8 Å². The van der Waals surface area contributed by atoms with Crippen molar-refractivity contribution in [2.75, 3.05) is 33.9 Å². The number of amides is 1. The number of carbonyl (C=O) groups is 1. The number of hydrogen-bond donors (Lipinski definition) is 2. The van der Waals surface area contributed by atoms with E-state index in [1.165, 1.54) is 14.2 Å². The number of nitrogens with zero attached hydrogens (tertiary/aromatic N) is 1. The molecule has 22 heavy (non-hydrogen) atoms. The summed E-state index contributed by atoms with van der Waals surface area (Å²) in [5.41, 5.74) is 0.995. The highest BCUT2D eigenvalue weighted by Crippen LogP contribution is 2.31. The van der Waals surface area contributed by atoms with Gasteiger partial charge in [-0.05, 0) is 25.5 Å². The predicted octanol–water partition coefficient (Wildman–Crippen LogP) is 1.08. The monoisotopic (exact) mass is 311 g/mol. The van der Waals surface area contributed by atoms with Crippen LogP contribution < -0.4 is 9.47 Å². The average molecular weight is 311 g/mol. The molecule has 1 amide bonds. The Morgan fingerprint density at radius 2 is 1.86 bits per heavy atom. The van der Waals surface area contributed by atoms with E-state index in [4.69, 9.17) is 14.6 Å². The third-order valence-corrected chi connectivity index (χ3v) is 3.54. The van der Waals surface area contributed by atoms with Gasteiger partial charge in [-0.1, -0.05) is 0 Å². The molecule has 0 aliphatic heterocycles. The number of rotatable bonds is 8. The second-order valence-corrected chi connectivity index (χ2v) is 4.88. The topological polar surface area (TPSA) is 79.2 Å². The number of carbonyl (C=O) groups excluding carboxylic acids is 1. The molecule has 6 nitrogen and oxygen atoms in total.